The lowest BCUT2D eigenvalue weighted by Gasteiger charge is -2.24. The van der Waals surface area contributed by atoms with Gasteiger partial charge in [0, 0.05) is 6.42 Å². The molecule has 0 aliphatic rings. The van der Waals surface area contributed by atoms with Crippen LogP contribution in [0, 0.1) is 0 Å². The minimum absolute atomic E-state index is 0.0550. The Balaban J connectivity index is 3.89. The van der Waals surface area contributed by atoms with E-state index in [0.29, 0.717) is 11.0 Å². The van der Waals surface area contributed by atoms with Crippen molar-refractivity contribution in [3.63, 3.8) is 0 Å². The second-order valence-electron chi connectivity index (χ2n) is 8.48. The Kier molecular flexibility index (Phi) is 15.9. The zero-order valence-electron chi connectivity index (χ0n) is 18.8. The van der Waals surface area contributed by atoms with E-state index in [1.807, 2.05) is 21.1 Å². The van der Waals surface area contributed by atoms with Crippen molar-refractivity contribution in [2.75, 3.05) is 47.5 Å². The van der Waals surface area contributed by atoms with Crippen molar-refractivity contribution in [1.29, 1.82) is 0 Å². The minimum Gasteiger partial charge on any atom is -0.457 e. The van der Waals surface area contributed by atoms with E-state index in [-0.39, 0.29) is 13.0 Å². The Bertz CT molecular complexity index is 468. The van der Waals surface area contributed by atoms with Crippen molar-refractivity contribution in [2.45, 2.75) is 77.2 Å². The van der Waals surface area contributed by atoms with Gasteiger partial charge in [-0.3, -0.25) is 13.8 Å². The largest absolute Gasteiger partial charge is 0.472 e. The summed E-state index contributed by atoms with van der Waals surface area (Å²) < 4.78 is 27.3. The molecule has 8 nitrogen and oxygen atoms in total. The second kappa shape index (κ2) is 16.2. The fraction of sp³-hybridized carbons (Fsp3) is 0.950. The van der Waals surface area contributed by atoms with E-state index in [4.69, 9.17) is 13.8 Å². The molecule has 0 saturated heterocycles. The Morgan fingerprint density at radius 3 is 2.03 bits per heavy atom. The van der Waals surface area contributed by atoms with Crippen LogP contribution in [0.5, 0.6) is 0 Å². The number of hydrogen-bond donors (Lipinski definition) is 2. The number of ether oxygens (including phenoxy) is 1. The zero-order valence-corrected chi connectivity index (χ0v) is 19.7. The van der Waals surface area contributed by atoms with Gasteiger partial charge in [0.25, 0.3) is 0 Å². The van der Waals surface area contributed by atoms with E-state index in [1.165, 1.54) is 38.5 Å². The zero-order chi connectivity index (χ0) is 22.2. The third kappa shape index (κ3) is 19.2. The van der Waals surface area contributed by atoms with Crippen LogP contribution in [0.3, 0.4) is 0 Å². The van der Waals surface area contributed by atoms with E-state index in [2.05, 4.69) is 6.92 Å². The summed E-state index contributed by atoms with van der Waals surface area (Å²) in [7, 11) is 1.55. The number of nitrogens with zero attached hydrogens (tertiary/aromatic N) is 1. The smallest absolute Gasteiger partial charge is 0.457 e. The summed E-state index contributed by atoms with van der Waals surface area (Å²) in [6.07, 6.45) is 9.65. The first-order valence-electron chi connectivity index (χ1n) is 10.8. The number of quaternary nitrogens is 1. The highest BCUT2D eigenvalue weighted by Gasteiger charge is 2.25. The minimum atomic E-state index is -4.25. The van der Waals surface area contributed by atoms with Crippen LogP contribution in [0.25, 0.3) is 0 Å². The Hall–Kier alpha value is -0.500. The number of hydrogen-bond acceptors (Lipinski definition) is 6. The first-order chi connectivity index (χ1) is 13.6. The van der Waals surface area contributed by atoms with Gasteiger partial charge in [0.05, 0.1) is 34.4 Å². The normalized spacial score (nSPS) is 15.1. The second-order valence-corrected chi connectivity index (χ2v) is 9.94. The summed E-state index contributed by atoms with van der Waals surface area (Å²) in [4.78, 5) is 21.5. The highest BCUT2D eigenvalue weighted by molar-refractivity contribution is 7.47. The fourth-order valence-electron chi connectivity index (χ4n) is 2.59. The van der Waals surface area contributed by atoms with E-state index < -0.39 is 33.1 Å². The number of carbonyl (C=O) groups is 1. The number of aliphatic hydroxyl groups excluding tert-OH is 1. The van der Waals surface area contributed by atoms with Crippen LogP contribution in [-0.4, -0.2) is 74.1 Å². The number of carbonyl (C=O) groups excluding carboxylic acids is 1. The molecule has 0 aromatic rings. The molecule has 0 aliphatic heterocycles. The van der Waals surface area contributed by atoms with Crippen LogP contribution < -0.4 is 0 Å². The Morgan fingerprint density at radius 2 is 1.52 bits per heavy atom. The number of likely N-dealkylation sites (N-methyl/N-ethyl adjacent to an activating group) is 1. The molecular formula is C20H43NO7P+. The molecule has 2 N–H and O–H groups in total. The molecule has 174 valence electrons. The maximum absolute atomic E-state index is 11.9. The number of esters is 1. The summed E-state index contributed by atoms with van der Waals surface area (Å²) in [5.41, 5.74) is 0. The highest BCUT2D eigenvalue weighted by Crippen LogP contribution is 2.43. The van der Waals surface area contributed by atoms with Crippen molar-refractivity contribution in [3.8, 4) is 0 Å². The Labute approximate surface area is 176 Å². The van der Waals surface area contributed by atoms with Crippen molar-refractivity contribution >= 4 is 13.8 Å². The predicted octanol–water partition coefficient (Wildman–Crippen LogP) is 3.65. The van der Waals surface area contributed by atoms with Gasteiger partial charge in [-0.25, -0.2) is 4.57 Å². The molecule has 29 heavy (non-hydrogen) atoms. The van der Waals surface area contributed by atoms with Crippen LogP contribution in [0.1, 0.15) is 71.1 Å². The third-order valence-corrected chi connectivity index (χ3v) is 5.41. The molecule has 0 amide bonds. The van der Waals surface area contributed by atoms with Crippen LogP contribution in [0.2, 0.25) is 0 Å². The van der Waals surface area contributed by atoms with E-state index in [1.54, 1.807) is 0 Å². The van der Waals surface area contributed by atoms with Crippen LogP contribution in [0.15, 0.2) is 0 Å². The van der Waals surface area contributed by atoms with Gasteiger partial charge in [-0.2, -0.15) is 0 Å². The molecule has 0 rings (SSSR count). The molecule has 0 radical (unpaired) electrons. The lowest BCUT2D eigenvalue weighted by molar-refractivity contribution is -0.870. The van der Waals surface area contributed by atoms with Crippen LogP contribution in [-0.2, 0) is 23.1 Å². The van der Waals surface area contributed by atoms with Crippen molar-refractivity contribution in [2.24, 2.45) is 0 Å². The fourth-order valence-corrected chi connectivity index (χ4v) is 3.34. The summed E-state index contributed by atoms with van der Waals surface area (Å²) in [6.45, 7) is 1.92. The van der Waals surface area contributed by atoms with Gasteiger partial charge in [0.15, 0.2) is 0 Å². The molecule has 0 heterocycles. The summed E-state index contributed by atoms with van der Waals surface area (Å²) in [5.74, 6) is -0.436. The van der Waals surface area contributed by atoms with Gasteiger partial charge >= 0.3 is 13.8 Å². The van der Waals surface area contributed by atoms with Crippen LogP contribution >= 0.6 is 7.82 Å². The van der Waals surface area contributed by atoms with E-state index in [0.717, 1.165) is 19.3 Å². The quantitative estimate of drug-likeness (QED) is 0.137. The number of unbranched alkanes of at least 4 members (excludes halogenated alkanes) is 8. The van der Waals surface area contributed by atoms with Gasteiger partial charge < -0.3 is 19.2 Å². The first kappa shape index (κ1) is 28.5. The molecule has 0 aliphatic carbocycles. The van der Waals surface area contributed by atoms with E-state index >= 15 is 0 Å². The van der Waals surface area contributed by atoms with Crippen LogP contribution in [0.4, 0.5) is 0 Å². The summed E-state index contributed by atoms with van der Waals surface area (Å²) in [5, 5.41) is 9.31. The summed E-state index contributed by atoms with van der Waals surface area (Å²) >= 11 is 0. The molecule has 9 heteroatoms. The average molecular weight is 441 g/mol. The molecule has 0 fully saturated rings. The topological polar surface area (TPSA) is 102 Å². The molecule has 2 unspecified atom stereocenters. The lowest BCUT2D eigenvalue weighted by atomic mass is 10.1. The molecule has 0 aromatic carbocycles. The lowest BCUT2D eigenvalue weighted by Crippen LogP contribution is -2.37. The van der Waals surface area contributed by atoms with Gasteiger partial charge in [0.1, 0.15) is 19.3 Å². The first-order valence-corrected chi connectivity index (χ1v) is 12.3. The van der Waals surface area contributed by atoms with E-state index in [9.17, 15) is 19.4 Å². The van der Waals surface area contributed by atoms with Gasteiger partial charge in [-0.05, 0) is 6.42 Å². The van der Waals surface area contributed by atoms with Gasteiger partial charge in [0.2, 0.25) is 0 Å². The maximum atomic E-state index is 11.9. The highest BCUT2D eigenvalue weighted by atomic mass is 31.2. The average Bonchev–Trinajstić information content (AvgIpc) is 2.62. The number of aliphatic hydroxyl groups is 1. The van der Waals surface area contributed by atoms with Crippen molar-refractivity contribution < 1.29 is 37.6 Å². The van der Waals surface area contributed by atoms with Gasteiger partial charge in [-0.1, -0.05) is 58.3 Å². The van der Waals surface area contributed by atoms with Crippen molar-refractivity contribution in [1.82, 2.24) is 0 Å². The number of phosphoric ester groups is 1. The Morgan fingerprint density at radius 1 is 0.966 bits per heavy atom. The standard InChI is InChI=1S/C20H42NO7P/c1-5-6-7-8-9-10-11-12-13-14-20(23)28-19(17-22)18-27-29(24,25)26-16-15-21(2,3)4/h19,22H,5-18H2,1-4H3/p+1. The number of phosphoric acid groups is 1. The number of rotatable bonds is 19. The summed E-state index contributed by atoms with van der Waals surface area (Å²) in [6, 6.07) is 0. The molecular weight excluding hydrogens is 397 g/mol. The molecule has 0 aromatic heterocycles. The van der Waals surface area contributed by atoms with Gasteiger partial charge in [-0.15, -0.1) is 0 Å². The third-order valence-electron chi connectivity index (χ3n) is 4.43. The SMILES string of the molecule is CCCCCCCCCCCC(=O)OC(CO)COP(=O)(O)OCC[N+](C)(C)C. The molecule has 0 bridgehead atoms. The monoisotopic (exact) mass is 440 g/mol. The van der Waals surface area contributed by atoms with Crippen molar-refractivity contribution in [3.05, 3.63) is 0 Å². The molecule has 2 atom stereocenters. The maximum Gasteiger partial charge on any atom is 0.472 e. The molecule has 0 spiro atoms. The predicted molar refractivity (Wildman–Crippen MR) is 113 cm³/mol. The molecule has 0 saturated carbocycles.